The highest BCUT2D eigenvalue weighted by atomic mass is 14.9. The molecule has 2 heterocycles. The van der Waals surface area contributed by atoms with E-state index in [0.717, 1.165) is 28.9 Å². The van der Waals surface area contributed by atoms with E-state index in [0.29, 0.717) is 5.92 Å². The topological polar surface area (TPSA) is 24.9 Å². The van der Waals surface area contributed by atoms with Crippen molar-refractivity contribution in [3.05, 3.63) is 149 Å². The zero-order valence-corrected chi connectivity index (χ0v) is 24.9. The molecule has 0 unspecified atom stereocenters. The fourth-order valence-corrected chi connectivity index (χ4v) is 6.23. The second-order valence-corrected chi connectivity index (χ2v) is 11.8. The van der Waals surface area contributed by atoms with Gasteiger partial charge in [0.1, 0.15) is 0 Å². The van der Waals surface area contributed by atoms with Crippen LogP contribution in [0.3, 0.4) is 0 Å². The van der Waals surface area contributed by atoms with E-state index in [1.165, 1.54) is 68.6 Å². The van der Waals surface area contributed by atoms with Gasteiger partial charge in [-0.05, 0) is 112 Å². The standard InChI is InChI=1S/C41H36N2/c1-27(12-14-30-16-23-34-8-7-25-43-41(34)29(30)3)35-15-13-28(2)38(26-35)40-36(31-17-18-31)9-6-10-37(40)32-19-21-33(22-20-32)39-11-4-5-24-42-39/h4-16,19-24,26,31,43H,1,17-18,25H2,2-3H3/b14-12-. The van der Waals surface area contributed by atoms with Crippen LogP contribution in [0.1, 0.15) is 52.1 Å². The minimum Gasteiger partial charge on any atom is -0.381 e. The highest BCUT2D eigenvalue weighted by molar-refractivity contribution is 5.90. The number of aryl methyl sites for hydroxylation is 1. The Kier molecular flexibility index (Phi) is 7.12. The Bertz CT molecular complexity index is 1890. The van der Waals surface area contributed by atoms with Gasteiger partial charge in [-0.1, -0.05) is 104 Å². The van der Waals surface area contributed by atoms with Crippen molar-refractivity contribution in [1.82, 2.24) is 4.98 Å². The van der Waals surface area contributed by atoms with Crippen molar-refractivity contribution in [1.29, 1.82) is 0 Å². The molecule has 43 heavy (non-hydrogen) atoms. The maximum absolute atomic E-state index is 4.54. The number of pyridine rings is 1. The van der Waals surface area contributed by atoms with Crippen LogP contribution in [0.5, 0.6) is 0 Å². The molecule has 0 bridgehead atoms. The summed E-state index contributed by atoms with van der Waals surface area (Å²) in [5.41, 5.74) is 17.1. The van der Waals surface area contributed by atoms with Gasteiger partial charge in [-0.25, -0.2) is 0 Å². The van der Waals surface area contributed by atoms with Crippen LogP contribution in [-0.4, -0.2) is 11.5 Å². The van der Waals surface area contributed by atoms with E-state index in [-0.39, 0.29) is 0 Å². The molecule has 1 aliphatic carbocycles. The molecule has 1 saturated carbocycles. The Morgan fingerprint density at radius 2 is 1.70 bits per heavy atom. The summed E-state index contributed by atoms with van der Waals surface area (Å²) < 4.78 is 0. The number of benzene rings is 4. The highest BCUT2D eigenvalue weighted by Gasteiger charge is 2.28. The summed E-state index contributed by atoms with van der Waals surface area (Å²) in [6, 6.07) is 33.0. The zero-order chi connectivity index (χ0) is 29.3. The number of aromatic nitrogens is 1. The van der Waals surface area contributed by atoms with E-state index in [2.05, 4.69) is 134 Å². The lowest BCUT2D eigenvalue weighted by Gasteiger charge is -2.19. The first kappa shape index (κ1) is 26.9. The minimum atomic E-state index is 0.629. The number of fused-ring (bicyclic) bond motifs is 1. The van der Waals surface area contributed by atoms with Crippen LogP contribution >= 0.6 is 0 Å². The number of hydrogen-bond acceptors (Lipinski definition) is 2. The summed E-state index contributed by atoms with van der Waals surface area (Å²) in [4.78, 5) is 4.54. The van der Waals surface area contributed by atoms with E-state index in [4.69, 9.17) is 0 Å². The third-order valence-corrected chi connectivity index (χ3v) is 8.85. The lowest BCUT2D eigenvalue weighted by atomic mass is 9.85. The monoisotopic (exact) mass is 556 g/mol. The second kappa shape index (κ2) is 11.4. The van der Waals surface area contributed by atoms with Gasteiger partial charge in [-0.15, -0.1) is 0 Å². The SMILES string of the molecule is C=C(/C=C\c1ccc2c(c1C)NCC=C2)c1ccc(C)c(-c2c(-c3ccc(-c4ccccn4)cc3)cccc2C2CC2)c1. The smallest absolute Gasteiger partial charge is 0.0701 e. The number of rotatable bonds is 7. The van der Waals surface area contributed by atoms with Crippen molar-refractivity contribution in [2.75, 3.05) is 11.9 Å². The first-order valence-electron chi connectivity index (χ1n) is 15.2. The molecule has 1 aliphatic heterocycles. The van der Waals surface area contributed by atoms with Gasteiger partial charge < -0.3 is 5.32 Å². The van der Waals surface area contributed by atoms with E-state index >= 15 is 0 Å². The molecule has 4 aromatic carbocycles. The normalized spacial score (nSPS) is 14.0. The highest BCUT2D eigenvalue weighted by Crippen LogP contribution is 2.48. The van der Waals surface area contributed by atoms with Crippen molar-refractivity contribution in [3.8, 4) is 33.5 Å². The fourth-order valence-electron chi connectivity index (χ4n) is 6.23. The van der Waals surface area contributed by atoms with Crippen LogP contribution < -0.4 is 5.32 Å². The number of anilines is 1. The number of allylic oxidation sites excluding steroid dienone is 2. The Morgan fingerprint density at radius 1 is 0.860 bits per heavy atom. The summed E-state index contributed by atoms with van der Waals surface area (Å²) in [6.45, 7) is 9.79. The average Bonchev–Trinajstić information content (AvgIpc) is 3.91. The summed E-state index contributed by atoms with van der Waals surface area (Å²) >= 11 is 0. The zero-order valence-electron chi connectivity index (χ0n) is 24.9. The summed E-state index contributed by atoms with van der Waals surface area (Å²) in [5, 5.41) is 3.53. The van der Waals surface area contributed by atoms with Crippen LogP contribution in [0.25, 0.3) is 51.2 Å². The van der Waals surface area contributed by atoms with Gasteiger partial charge in [0.2, 0.25) is 0 Å². The maximum Gasteiger partial charge on any atom is 0.0701 e. The predicted molar refractivity (Wildman–Crippen MR) is 184 cm³/mol. The van der Waals surface area contributed by atoms with Gasteiger partial charge in [0.05, 0.1) is 5.69 Å². The van der Waals surface area contributed by atoms with Crippen LogP contribution in [0.15, 0.2) is 116 Å². The molecule has 1 aromatic heterocycles. The molecular formula is C41H36N2. The quantitative estimate of drug-likeness (QED) is 0.202. The summed E-state index contributed by atoms with van der Waals surface area (Å²) in [6.07, 6.45) is 13.1. The van der Waals surface area contributed by atoms with Crippen LogP contribution in [0.2, 0.25) is 0 Å². The van der Waals surface area contributed by atoms with Crippen molar-refractivity contribution < 1.29 is 0 Å². The van der Waals surface area contributed by atoms with Crippen LogP contribution in [-0.2, 0) is 0 Å². The Labute approximate surface area is 255 Å². The van der Waals surface area contributed by atoms with E-state index < -0.39 is 0 Å². The Balaban J connectivity index is 1.25. The Hall–Kier alpha value is -4.95. The van der Waals surface area contributed by atoms with Crippen molar-refractivity contribution >= 4 is 23.4 Å². The molecule has 1 N–H and O–H groups in total. The van der Waals surface area contributed by atoms with Gasteiger partial charge >= 0.3 is 0 Å². The molecule has 210 valence electrons. The molecule has 0 atom stereocenters. The number of nitrogens with one attached hydrogen (secondary N) is 1. The first-order valence-corrected chi connectivity index (χ1v) is 15.2. The third-order valence-electron chi connectivity index (χ3n) is 8.85. The third kappa shape index (κ3) is 5.37. The van der Waals surface area contributed by atoms with Crippen LogP contribution in [0.4, 0.5) is 5.69 Å². The lowest BCUT2D eigenvalue weighted by molar-refractivity contribution is 1.13. The van der Waals surface area contributed by atoms with Gasteiger partial charge in [-0.2, -0.15) is 0 Å². The molecule has 2 heteroatoms. The molecule has 2 aliphatic rings. The summed E-state index contributed by atoms with van der Waals surface area (Å²) in [7, 11) is 0. The average molecular weight is 557 g/mol. The van der Waals surface area contributed by atoms with Gasteiger partial charge in [0.25, 0.3) is 0 Å². The van der Waals surface area contributed by atoms with Crippen molar-refractivity contribution in [2.45, 2.75) is 32.6 Å². The number of hydrogen-bond donors (Lipinski definition) is 1. The molecule has 7 rings (SSSR count). The molecule has 0 radical (unpaired) electrons. The van der Waals surface area contributed by atoms with E-state index in [1.54, 1.807) is 0 Å². The second-order valence-electron chi connectivity index (χ2n) is 11.8. The van der Waals surface area contributed by atoms with Crippen molar-refractivity contribution in [2.24, 2.45) is 0 Å². The first-order chi connectivity index (χ1) is 21.1. The van der Waals surface area contributed by atoms with E-state index in [1.807, 2.05) is 18.3 Å². The molecule has 0 spiro atoms. The number of nitrogens with zero attached hydrogens (tertiary/aromatic N) is 1. The minimum absolute atomic E-state index is 0.629. The molecule has 0 amide bonds. The predicted octanol–water partition coefficient (Wildman–Crippen LogP) is 10.7. The van der Waals surface area contributed by atoms with Gasteiger partial charge in [0.15, 0.2) is 0 Å². The maximum atomic E-state index is 4.54. The molecule has 0 saturated heterocycles. The van der Waals surface area contributed by atoms with Gasteiger partial charge in [0, 0.05) is 24.0 Å². The van der Waals surface area contributed by atoms with Gasteiger partial charge in [-0.3, -0.25) is 4.98 Å². The van der Waals surface area contributed by atoms with Crippen molar-refractivity contribution in [3.63, 3.8) is 0 Å². The largest absolute Gasteiger partial charge is 0.381 e. The van der Waals surface area contributed by atoms with E-state index in [9.17, 15) is 0 Å². The Morgan fingerprint density at radius 3 is 2.49 bits per heavy atom. The summed E-state index contributed by atoms with van der Waals surface area (Å²) in [5.74, 6) is 0.629. The molecule has 2 nitrogen and oxygen atoms in total. The molecular weight excluding hydrogens is 520 g/mol. The lowest BCUT2D eigenvalue weighted by Crippen LogP contribution is -2.06. The molecule has 1 fully saturated rings. The fraction of sp³-hybridized carbons (Fsp3) is 0.146. The van der Waals surface area contributed by atoms with Crippen LogP contribution in [0, 0.1) is 13.8 Å². The molecule has 5 aromatic rings.